The molecular formula is C20H24N4O5. The lowest BCUT2D eigenvalue weighted by molar-refractivity contribution is -0.384. The molecule has 0 saturated heterocycles. The Hall–Kier alpha value is -3.49. The summed E-state index contributed by atoms with van der Waals surface area (Å²) in [5.41, 5.74) is 0.913. The van der Waals surface area contributed by atoms with Crippen LogP contribution in [-0.2, 0) is 0 Å². The average molecular weight is 400 g/mol. The van der Waals surface area contributed by atoms with E-state index >= 15 is 0 Å². The summed E-state index contributed by atoms with van der Waals surface area (Å²) in [5.74, 6) is 1.13. The van der Waals surface area contributed by atoms with E-state index < -0.39 is 11.0 Å². The molecule has 0 spiro atoms. The van der Waals surface area contributed by atoms with E-state index in [0.717, 1.165) is 18.0 Å². The molecule has 1 aliphatic heterocycles. The molecule has 0 unspecified atom stereocenters. The van der Waals surface area contributed by atoms with Crippen molar-refractivity contribution in [1.82, 2.24) is 4.90 Å². The molecule has 2 aromatic carbocycles. The van der Waals surface area contributed by atoms with Crippen LogP contribution >= 0.6 is 0 Å². The molecule has 0 radical (unpaired) electrons. The minimum absolute atomic E-state index is 0.109. The van der Waals surface area contributed by atoms with Crippen LogP contribution in [0, 0.1) is 10.1 Å². The van der Waals surface area contributed by atoms with Crippen molar-refractivity contribution in [3.63, 3.8) is 0 Å². The molecule has 9 nitrogen and oxygen atoms in total. The third-order valence-electron chi connectivity index (χ3n) is 4.77. The SMILES string of the molecule is CCN1C[C@@H](CN(C)C(=O)Nc2ccc(OC)cc2[N+](=O)[O-])Oc2ccccc21. The molecule has 1 aliphatic rings. The Bertz CT molecular complexity index is 904. The van der Waals surface area contributed by atoms with Gasteiger partial charge in [0.25, 0.3) is 5.69 Å². The number of ether oxygens (including phenoxy) is 2. The molecule has 2 amide bonds. The number of nitro groups is 1. The van der Waals surface area contributed by atoms with Crippen molar-refractivity contribution in [2.75, 3.05) is 44.0 Å². The number of likely N-dealkylation sites (N-methyl/N-ethyl adjacent to an activating group) is 2. The van der Waals surface area contributed by atoms with Crippen LogP contribution in [0.3, 0.4) is 0 Å². The zero-order valence-electron chi connectivity index (χ0n) is 16.6. The lowest BCUT2D eigenvalue weighted by Crippen LogP contribution is -2.47. The molecule has 3 rings (SSSR count). The summed E-state index contributed by atoms with van der Waals surface area (Å²) < 4.78 is 11.1. The first-order valence-electron chi connectivity index (χ1n) is 9.28. The summed E-state index contributed by atoms with van der Waals surface area (Å²) in [6.45, 7) is 3.87. The molecule has 0 aromatic heterocycles. The van der Waals surface area contributed by atoms with Gasteiger partial charge in [-0.1, -0.05) is 12.1 Å². The number of hydrogen-bond acceptors (Lipinski definition) is 6. The number of urea groups is 1. The molecule has 1 N–H and O–H groups in total. The first-order chi connectivity index (χ1) is 13.9. The molecule has 0 bridgehead atoms. The van der Waals surface area contributed by atoms with Crippen LogP contribution in [0.5, 0.6) is 11.5 Å². The quantitative estimate of drug-likeness (QED) is 0.590. The highest BCUT2D eigenvalue weighted by Gasteiger charge is 2.27. The number of carbonyl (C=O) groups excluding carboxylic acids is 1. The van der Waals surface area contributed by atoms with Crippen molar-refractivity contribution in [1.29, 1.82) is 0 Å². The van der Waals surface area contributed by atoms with Crippen molar-refractivity contribution < 1.29 is 19.2 Å². The number of methoxy groups -OCH3 is 1. The van der Waals surface area contributed by atoms with Crippen LogP contribution in [0.1, 0.15) is 6.92 Å². The van der Waals surface area contributed by atoms with Crippen LogP contribution in [0.4, 0.5) is 21.9 Å². The summed E-state index contributed by atoms with van der Waals surface area (Å²) in [6.07, 6.45) is -0.216. The summed E-state index contributed by atoms with van der Waals surface area (Å²) in [6, 6.07) is 11.6. The number of nitrogens with one attached hydrogen (secondary N) is 1. The third kappa shape index (κ3) is 4.50. The first-order valence-corrected chi connectivity index (χ1v) is 9.28. The molecule has 1 atom stereocenters. The molecular weight excluding hydrogens is 376 g/mol. The molecule has 9 heteroatoms. The fraction of sp³-hybridized carbons (Fsp3) is 0.350. The Morgan fingerprint density at radius 2 is 2.14 bits per heavy atom. The van der Waals surface area contributed by atoms with Gasteiger partial charge >= 0.3 is 6.03 Å². The second-order valence-corrected chi connectivity index (χ2v) is 6.70. The number of hydrogen-bond donors (Lipinski definition) is 1. The predicted octanol–water partition coefficient (Wildman–Crippen LogP) is 3.35. The number of anilines is 2. The maximum absolute atomic E-state index is 12.6. The Morgan fingerprint density at radius 1 is 1.38 bits per heavy atom. The van der Waals surface area contributed by atoms with Gasteiger partial charge < -0.3 is 24.6 Å². The van der Waals surface area contributed by atoms with E-state index in [2.05, 4.69) is 17.1 Å². The van der Waals surface area contributed by atoms with E-state index in [-0.39, 0.29) is 17.5 Å². The van der Waals surface area contributed by atoms with Gasteiger partial charge in [0, 0.05) is 13.6 Å². The van der Waals surface area contributed by atoms with Gasteiger partial charge in [-0.3, -0.25) is 10.1 Å². The van der Waals surface area contributed by atoms with E-state index in [1.807, 2.05) is 24.3 Å². The molecule has 154 valence electrons. The van der Waals surface area contributed by atoms with E-state index in [1.165, 1.54) is 24.1 Å². The number of rotatable bonds is 6. The zero-order chi connectivity index (χ0) is 21.0. The molecule has 0 aliphatic carbocycles. The van der Waals surface area contributed by atoms with Gasteiger partial charge in [-0.25, -0.2) is 4.79 Å². The van der Waals surface area contributed by atoms with Gasteiger partial charge in [-0.15, -0.1) is 0 Å². The summed E-state index contributed by atoms with van der Waals surface area (Å²) in [5, 5.41) is 13.9. The van der Waals surface area contributed by atoms with Crippen molar-refractivity contribution in [2.45, 2.75) is 13.0 Å². The highest BCUT2D eigenvalue weighted by atomic mass is 16.6. The highest BCUT2D eigenvalue weighted by molar-refractivity contribution is 5.92. The predicted molar refractivity (Wildman–Crippen MR) is 110 cm³/mol. The number of benzene rings is 2. The minimum atomic E-state index is -0.557. The second kappa shape index (κ2) is 8.68. The van der Waals surface area contributed by atoms with Gasteiger partial charge in [0.15, 0.2) is 0 Å². The van der Waals surface area contributed by atoms with Crippen molar-refractivity contribution in [3.05, 3.63) is 52.6 Å². The van der Waals surface area contributed by atoms with Crippen molar-refractivity contribution in [2.24, 2.45) is 0 Å². The lowest BCUT2D eigenvalue weighted by Gasteiger charge is -2.37. The molecule has 29 heavy (non-hydrogen) atoms. The van der Waals surface area contributed by atoms with Crippen LogP contribution in [0.15, 0.2) is 42.5 Å². The molecule has 0 fully saturated rings. The van der Waals surface area contributed by atoms with Gasteiger partial charge in [0.1, 0.15) is 23.3 Å². The Morgan fingerprint density at radius 3 is 2.83 bits per heavy atom. The van der Waals surface area contributed by atoms with Crippen molar-refractivity contribution in [3.8, 4) is 11.5 Å². The van der Waals surface area contributed by atoms with Crippen LogP contribution in [-0.4, -0.2) is 55.8 Å². The number of amides is 2. The largest absolute Gasteiger partial charge is 0.496 e. The Kier molecular flexibility index (Phi) is 6.06. The summed E-state index contributed by atoms with van der Waals surface area (Å²) in [7, 11) is 3.05. The standard InChI is InChI=1S/C20H24N4O5/c1-4-23-13-15(29-19-8-6-5-7-17(19)23)12-22(2)20(25)21-16-10-9-14(28-3)11-18(16)24(26)27/h5-11,15H,4,12-13H2,1-3H3,(H,21,25)/t15-/m1/s1. The van der Waals surface area contributed by atoms with Gasteiger partial charge in [0.05, 0.1) is 36.9 Å². The first kappa shape index (κ1) is 20.2. The normalized spacial score (nSPS) is 15.1. The maximum atomic E-state index is 12.6. The van der Waals surface area contributed by atoms with E-state index in [1.54, 1.807) is 13.1 Å². The van der Waals surface area contributed by atoms with Gasteiger partial charge in [0.2, 0.25) is 0 Å². The average Bonchev–Trinajstić information content (AvgIpc) is 2.73. The highest BCUT2D eigenvalue weighted by Crippen LogP contribution is 2.33. The van der Waals surface area contributed by atoms with Crippen LogP contribution in [0.25, 0.3) is 0 Å². The second-order valence-electron chi connectivity index (χ2n) is 6.70. The van der Waals surface area contributed by atoms with Crippen LogP contribution < -0.4 is 19.7 Å². The number of nitrogens with zero attached hydrogens (tertiary/aromatic N) is 3. The summed E-state index contributed by atoms with van der Waals surface area (Å²) >= 11 is 0. The minimum Gasteiger partial charge on any atom is -0.496 e. The summed E-state index contributed by atoms with van der Waals surface area (Å²) in [4.78, 5) is 27.0. The third-order valence-corrected chi connectivity index (χ3v) is 4.77. The Labute approximate surface area is 169 Å². The van der Waals surface area contributed by atoms with Crippen LogP contribution in [0.2, 0.25) is 0 Å². The molecule has 0 saturated carbocycles. The van der Waals surface area contributed by atoms with Gasteiger partial charge in [-0.2, -0.15) is 0 Å². The monoisotopic (exact) mass is 400 g/mol. The Balaban J connectivity index is 1.68. The number of carbonyl (C=O) groups is 1. The van der Waals surface area contributed by atoms with E-state index in [0.29, 0.717) is 18.8 Å². The van der Waals surface area contributed by atoms with E-state index in [4.69, 9.17) is 9.47 Å². The smallest absolute Gasteiger partial charge is 0.321 e. The number of fused-ring (bicyclic) bond motifs is 1. The zero-order valence-corrected chi connectivity index (χ0v) is 16.6. The van der Waals surface area contributed by atoms with E-state index in [9.17, 15) is 14.9 Å². The lowest BCUT2D eigenvalue weighted by atomic mass is 10.2. The maximum Gasteiger partial charge on any atom is 0.321 e. The molecule has 1 heterocycles. The number of nitro benzene ring substituents is 1. The number of para-hydroxylation sites is 2. The molecule has 2 aromatic rings. The fourth-order valence-electron chi connectivity index (χ4n) is 3.27. The fourth-order valence-corrected chi connectivity index (χ4v) is 3.27. The van der Waals surface area contributed by atoms with Crippen molar-refractivity contribution >= 4 is 23.1 Å². The van der Waals surface area contributed by atoms with Gasteiger partial charge in [-0.05, 0) is 31.2 Å². The topological polar surface area (TPSA) is 97.2 Å².